The van der Waals surface area contributed by atoms with Crippen molar-refractivity contribution in [3.63, 3.8) is 0 Å². The molecule has 1 aromatic rings. The van der Waals surface area contributed by atoms with Crippen molar-refractivity contribution in [3.8, 4) is 0 Å². The van der Waals surface area contributed by atoms with E-state index in [1.165, 1.54) is 18.2 Å². The molecule has 0 saturated heterocycles. The molecular formula is C12H19FN2O2S. The van der Waals surface area contributed by atoms with Crippen LogP contribution in [0.15, 0.2) is 29.2 Å². The Morgan fingerprint density at radius 2 is 1.89 bits per heavy atom. The highest BCUT2D eigenvalue weighted by Gasteiger charge is 2.17. The van der Waals surface area contributed by atoms with Gasteiger partial charge in [-0.2, -0.15) is 0 Å². The summed E-state index contributed by atoms with van der Waals surface area (Å²) in [5.74, 6) is -0.731. The second-order valence-electron chi connectivity index (χ2n) is 4.29. The summed E-state index contributed by atoms with van der Waals surface area (Å²) in [4.78, 5) is -0.304. The number of nitrogens with one attached hydrogen (secondary N) is 2. The molecule has 0 unspecified atom stereocenters. The van der Waals surface area contributed by atoms with Gasteiger partial charge in [0.15, 0.2) is 0 Å². The van der Waals surface area contributed by atoms with Crippen molar-refractivity contribution in [3.05, 3.63) is 30.1 Å². The van der Waals surface area contributed by atoms with Crippen LogP contribution in [0.25, 0.3) is 0 Å². The van der Waals surface area contributed by atoms with Gasteiger partial charge in [0, 0.05) is 12.6 Å². The fraction of sp³-hybridized carbons (Fsp3) is 0.500. The SMILES string of the molecule is CC(C)NCCCNS(=O)(=O)c1ccccc1F. The van der Waals surface area contributed by atoms with Crippen LogP contribution in [0, 0.1) is 5.82 Å². The molecule has 0 fully saturated rings. The van der Waals surface area contributed by atoms with Crippen LogP contribution >= 0.6 is 0 Å². The van der Waals surface area contributed by atoms with Crippen molar-refractivity contribution in [1.82, 2.24) is 10.0 Å². The topological polar surface area (TPSA) is 58.2 Å². The third-order valence-electron chi connectivity index (χ3n) is 2.32. The van der Waals surface area contributed by atoms with Gasteiger partial charge in [-0.05, 0) is 25.1 Å². The number of benzene rings is 1. The Kier molecular flexibility index (Phi) is 5.71. The number of sulfonamides is 1. The summed E-state index contributed by atoms with van der Waals surface area (Å²) in [5.41, 5.74) is 0. The maximum Gasteiger partial charge on any atom is 0.243 e. The van der Waals surface area contributed by atoms with Crippen molar-refractivity contribution < 1.29 is 12.8 Å². The van der Waals surface area contributed by atoms with Gasteiger partial charge in [0.2, 0.25) is 10.0 Å². The zero-order valence-electron chi connectivity index (χ0n) is 10.6. The van der Waals surface area contributed by atoms with E-state index in [2.05, 4.69) is 10.0 Å². The van der Waals surface area contributed by atoms with Crippen LogP contribution in [-0.4, -0.2) is 27.5 Å². The monoisotopic (exact) mass is 274 g/mol. The van der Waals surface area contributed by atoms with Crippen LogP contribution in [0.5, 0.6) is 0 Å². The molecule has 1 aromatic carbocycles. The van der Waals surface area contributed by atoms with Crippen molar-refractivity contribution >= 4 is 10.0 Å². The average Bonchev–Trinajstić information content (AvgIpc) is 2.28. The lowest BCUT2D eigenvalue weighted by Crippen LogP contribution is -2.30. The lowest BCUT2D eigenvalue weighted by atomic mass is 10.3. The van der Waals surface area contributed by atoms with E-state index in [-0.39, 0.29) is 11.4 Å². The second kappa shape index (κ2) is 6.82. The zero-order valence-corrected chi connectivity index (χ0v) is 11.4. The van der Waals surface area contributed by atoms with Gasteiger partial charge < -0.3 is 5.32 Å². The van der Waals surface area contributed by atoms with E-state index in [1.54, 1.807) is 0 Å². The number of halogens is 1. The summed E-state index contributed by atoms with van der Waals surface area (Å²) < 4.78 is 39.3. The molecule has 0 aliphatic carbocycles. The predicted molar refractivity (Wildman–Crippen MR) is 69.3 cm³/mol. The van der Waals surface area contributed by atoms with Crippen LogP contribution in [0.1, 0.15) is 20.3 Å². The maximum atomic E-state index is 13.3. The third kappa shape index (κ3) is 4.72. The van der Waals surface area contributed by atoms with Crippen LogP contribution in [-0.2, 0) is 10.0 Å². The van der Waals surface area contributed by atoms with Crippen molar-refractivity contribution in [2.45, 2.75) is 31.2 Å². The highest BCUT2D eigenvalue weighted by Crippen LogP contribution is 2.12. The fourth-order valence-electron chi connectivity index (χ4n) is 1.43. The fourth-order valence-corrected chi connectivity index (χ4v) is 2.58. The molecule has 0 spiro atoms. The lowest BCUT2D eigenvalue weighted by molar-refractivity contribution is 0.544. The zero-order chi connectivity index (χ0) is 13.6. The van der Waals surface area contributed by atoms with Gasteiger partial charge in [-0.15, -0.1) is 0 Å². The van der Waals surface area contributed by atoms with Gasteiger partial charge in [0.1, 0.15) is 10.7 Å². The van der Waals surface area contributed by atoms with Gasteiger partial charge in [-0.25, -0.2) is 17.5 Å². The van der Waals surface area contributed by atoms with Gasteiger partial charge in [0.25, 0.3) is 0 Å². The van der Waals surface area contributed by atoms with Crippen LogP contribution in [0.4, 0.5) is 4.39 Å². The van der Waals surface area contributed by atoms with E-state index >= 15 is 0 Å². The second-order valence-corrected chi connectivity index (χ2v) is 6.03. The molecule has 0 atom stereocenters. The van der Waals surface area contributed by atoms with Gasteiger partial charge >= 0.3 is 0 Å². The first-order valence-corrected chi connectivity index (χ1v) is 7.39. The molecule has 102 valence electrons. The molecule has 0 amide bonds. The predicted octanol–water partition coefficient (Wildman–Crippen LogP) is 1.49. The minimum absolute atomic E-state index is 0.288. The normalized spacial score (nSPS) is 12.0. The van der Waals surface area contributed by atoms with E-state index < -0.39 is 15.8 Å². The van der Waals surface area contributed by atoms with Crippen molar-refractivity contribution in [1.29, 1.82) is 0 Å². The summed E-state index contributed by atoms with van der Waals surface area (Å²) in [5, 5.41) is 3.17. The van der Waals surface area contributed by atoms with Crippen LogP contribution in [0.2, 0.25) is 0 Å². The lowest BCUT2D eigenvalue weighted by Gasteiger charge is -2.09. The Morgan fingerprint density at radius 3 is 2.50 bits per heavy atom. The Balaban J connectivity index is 2.49. The van der Waals surface area contributed by atoms with Gasteiger partial charge in [-0.1, -0.05) is 26.0 Å². The molecule has 0 bridgehead atoms. The van der Waals surface area contributed by atoms with E-state index in [9.17, 15) is 12.8 Å². The van der Waals surface area contributed by atoms with Gasteiger partial charge in [-0.3, -0.25) is 0 Å². The van der Waals surface area contributed by atoms with E-state index in [0.717, 1.165) is 12.6 Å². The highest BCUT2D eigenvalue weighted by molar-refractivity contribution is 7.89. The molecule has 0 saturated carbocycles. The molecule has 6 heteroatoms. The first-order valence-electron chi connectivity index (χ1n) is 5.91. The average molecular weight is 274 g/mol. The minimum Gasteiger partial charge on any atom is -0.314 e. The standard InChI is InChI=1S/C12H19FN2O2S/c1-10(2)14-8-5-9-15-18(16,17)12-7-4-3-6-11(12)13/h3-4,6-7,10,14-15H,5,8-9H2,1-2H3. The number of hydrogen-bond donors (Lipinski definition) is 2. The van der Waals surface area contributed by atoms with Crippen molar-refractivity contribution in [2.75, 3.05) is 13.1 Å². The minimum atomic E-state index is -3.74. The molecule has 1 rings (SSSR count). The number of hydrogen-bond acceptors (Lipinski definition) is 3. The van der Waals surface area contributed by atoms with E-state index in [1.807, 2.05) is 13.8 Å². The largest absolute Gasteiger partial charge is 0.314 e. The number of rotatable bonds is 7. The first-order chi connectivity index (χ1) is 8.43. The Hall–Kier alpha value is -0.980. The van der Waals surface area contributed by atoms with E-state index in [4.69, 9.17) is 0 Å². The molecule has 0 heterocycles. The van der Waals surface area contributed by atoms with Crippen molar-refractivity contribution in [2.24, 2.45) is 0 Å². The first kappa shape index (κ1) is 15.1. The molecule has 4 nitrogen and oxygen atoms in total. The summed E-state index contributed by atoms with van der Waals surface area (Å²) in [6.07, 6.45) is 0.659. The molecular weight excluding hydrogens is 255 g/mol. The smallest absolute Gasteiger partial charge is 0.243 e. The summed E-state index contributed by atoms with van der Waals surface area (Å²) in [7, 11) is -3.74. The van der Waals surface area contributed by atoms with E-state index in [0.29, 0.717) is 12.5 Å². The Morgan fingerprint density at radius 1 is 1.22 bits per heavy atom. The van der Waals surface area contributed by atoms with Crippen LogP contribution < -0.4 is 10.0 Å². The van der Waals surface area contributed by atoms with Gasteiger partial charge in [0.05, 0.1) is 0 Å². The molecule has 0 aliphatic heterocycles. The molecule has 0 aliphatic rings. The Labute approximate surface area is 108 Å². The summed E-state index contributed by atoms with van der Waals surface area (Å²) in [6.45, 7) is 5.04. The third-order valence-corrected chi connectivity index (χ3v) is 3.82. The summed E-state index contributed by atoms with van der Waals surface area (Å²) >= 11 is 0. The highest BCUT2D eigenvalue weighted by atomic mass is 32.2. The quantitative estimate of drug-likeness (QED) is 0.741. The molecule has 18 heavy (non-hydrogen) atoms. The summed E-state index contributed by atoms with van der Waals surface area (Å²) in [6, 6.07) is 5.71. The molecule has 0 aromatic heterocycles. The van der Waals surface area contributed by atoms with Crippen LogP contribution in [0.3, 0.4) is 0 Å². The molecule has 0 radical (unpaired) electrons. The Bertz CT molecular complexity index is 475. The molecule has 2 N–H and O–H groups in total. The maximum absolute atomic E-state index is 13.3.